The average molecular weight is 284 g/mol. The van der Waals surface area contributed by atoms with Crippen LogP contribution < -0.4 is 0 Å². The predicted molar refractivity (Wildman–Crippen MR) is 68.7 cm³/mol. The third-order valence-electron chi connectivity index (χ3n) is 2.69. The van der Waals surface area contributed by atoms with Gasteiger partial charge in [-0.1, -0.05) is 5.16 Å². The Labute approximate surface area is 111 Å². The van der Waals surface area contributed by atoms with Gasteiger partial charge in [0.05, 0.1) is 6.54 Å². The van der Waals surface area contributed by atoms with Gasteiger partial charge in [0.25, 0.3) is 0 Å². The summed E-state index contributed by atoms with van der Waals surface area (Å²) in [4.78, 5) is 0. The van der Waals surface area contributed by atoms with Crippen molar-refractivity contribution in [1.82, 2.24) is 19.2 Å². The maximum Gasteiger partial charge on any atom is 0.219 e. The van der Waals surface area contributed by atoms with Gasteiger partial charge in [-0.25, -0.2) is 12.7 Å². The molecule has 7 nitrogen and oxygen atoms in total. The Hall–Kier alpha value is -1.67. The fourth-order valence-electron chi connectivity index (χ4n) is 1.60. The molecule has 0 aromatic carbocycles. The summed E-state index contributed by atoms with van der Waals surface area (Å²) in [7, 11) is -1.84. The summed E-state index contributed by atoms with van der Waals surface area (Å²) in [6.45, 7) is 2.60. The number of likely N-dealkylation sites (N-methyl/N-ethyl adjacent to an activating group) is 1. The fraction of sp³-hybridized carbons (Fsp3) is 0.455. The van der Waals surface area contributed by atoms with Crippen molar-refractivity contribution in [2.24, 2.45) is 0 Å². The summed E-state index contributed by atoms with van der Waals surface area (Å²) < 4.78 is 32.0. The lowest BCUT2D eigenvalue weighted by molar-refractivity contribution is 0.390. The minimum Gasteiger partial charge on any atom is -0.361 e. The second-order valence-electron chi connectivity index (χ2n) is 4.28. The highest BCUT2D eigenvalue weighted by molar-refractivity contribution is 7.88. The average Bonchev–Trinajstić information content (AvgIpc) is 2.97. The van der Waals surface area contributed by atoms with Crippen LogP contribution in [0.25, 0.3) is 0 Å². The third-order valence-corrected chi connectivity index (χ3v) is 4.48. The Bertz CT molecular complexity index is 618. The molecule has 0 aliphatic heterocycles. The maximum absolute atomic E-state index is 12.1. The number of aromatic nitrogens is 3. The van der Waals surface area contributed by atoms with E-state index in [0.29, 0.717) is 24.5 Å². The van der Waals surface area contributed by atoms with Gasteiger partial charge < -0.3 is 4.52 Å². The van der Waals surface area contributed by atoms with Gasteiger partial charge in [0.15, 0.2) is 0 Å². The molecule has 8 heteroatoms. The van der Waals surface area contributed by atoms with Crippen LogP contribution in [0.1, 0.15) is 11.5 Å². The van der Waals surface area contributed by atoms with Crippen LogP contribution in [-0.2, 0) is 22.3 Å². The molecule has 2 aromatic heterocycles. The van der Waals surface area contributed by atoms with Crippen LogP contribution in [-0.4, -0.2) is 41.3 Å². The van der Waals surface area contributed by atoms with Gasteiger partial charge >= 0.3 is 0 Å². The van der Waals surface area contributed by atoms with Crippen LogP contribution >= 0.6 is 0 Å². The topological polar surface area (TPSA) is 81.2 Å². The Morgan fingerprint density at radius 2 is 2.26 bits per heavy atom. The first-order valence-corrected chi connectivity index (χ1v) is 7.42. The van der Waals surface area contributed by atoms with E-state index in [9.17, 15) is 8.42 Å². The first-order chi connectivity index (χ1) is 8.97. The van der Waals surface area contributed by atoms with Crippen LogP contribution in [0, 0.1) is 6.92 Å². The van der Waals surface area contributed by atoms with Crippen molar-refractivity contribution < 1.29 is 12.9 Å². The van der Waals surface area contributed by atoms with Crippen LogP contribution in [0.3, 0.4) is 0 Å². The lowest BCUT2D eigenvalue weighted by Crippen LogP contribution is -2.31. The van der Waals surface area contributed by atoms with Crippen LogP contribution in [0.2, 0.25) is 0 Å². The second-order valence-corrected chi connectivity index (χ2v) is 6.35. The molecule has 0 unspecified atom stereocenters. The molecule has 0 spiro atoms. The van der Waals surface area contributed by atoms with E-state index < -0.39 is 10.0 Å². The van der Waals surface area contributed by atoms with Crippen LogP contribution in [0.15, 0.2) is 29.0 Å². The van der Waals surface area contributed by atoms with E-state index in [2.05, 4.69) is 10.3 Å². The number of hydrogen-bond donors (Lipinski definition) is 0. The molecule has 0 amide bonds. The summed E-state index contributed by atoms with van der Waals surface area (Å²) in [5, 5.41) is 7.72. The molecule has 2 rings (SSSR count). The van der Waals surface area contributed by atoms with Crippen molar-refractivity contribution in [3.63, 3.8) is 0 Å². The Morgan fingerprint density at radius 3 is 2.84 bits per heavy atom. The highest BCUT2D eigenvalue weighted by Gasteiger charge is 2.20. The molecular weight excluding hydrogens is 268 g/mol. The highest BCUT2D eigenvalue weighted by Crippen LogP contribution is 2.09. The Kier molecular flexibility index (Phi) is 4.01. The van der Waals surface area contributed by atoms with Crippen molar-refractivity contribution in [2.45, 2.75) is 19.2 Å². The molecule has 0 atom stereocenters. The van der Waals surface area contributed by atoms with Gasteiger partial charge in [0.1, 0.15) is 17.2 Å². The summed E-state index contributed by atoms with van der Waals surface area (Å²) in [6, 6.07) is 3.42. The third kappa shape index (κ3) is 3.65. The zero-order chi connectivity index (χ0) is 13.9. The Balaban J connectivity index is 1.95. The van der Waals surface area contributed by atoms with Crippen LogP contribution in [0.5, 0.6) is 0 Å². The van der Waals surface area contributed by atoms with E-state index in [-0.39, 0.29) is 5.75 Å². The van der Waals surface area contributed by atoms with Gasteiger partial charge in [-0.2, -0.15) is 5.10 Å². The van der Waals surface area contributed by atoms with Crippen molar-refractivity contribution in [3.8, 4) is 0 Å². The van der Waals surface area contributed by atoms with Gasteiger partial charge in [0.2, 0.25) is 10.0 Å². The maximum atomic E-state index is 12.1. The number of aryl methyl sites for hydroxylation is 1. The molecule has 0 bridgehead atoms. The van der Waals surface area contributed by atoms with E-state index in [1.54, 1.807) is 43.2 Å². The molecule has 0 aliphatic rings. The number of rotatable bonds is 6. The normalized spacial score (nSPS) is 12.2. The first kappa shape index (κ1) is 13.8. The molecule has 104 valence electrons. The first-order valence-electron chi connectivity index (χ1n) is 5.81. The summed E-state index contributed by atoms with van der Waals surface area (Å²) in [5.74, 6) is 0.448. The van der Waals surface area contributed by atoms with E-state index in [0.717, 1.165) is 0 Å². The minimum atomic E-state index is -3.38. The van der Waals surface area contributed by atoms with E-state index in [1.807, 2.05) is 0 Å². The molecule has 0 aliphatic carbocycles. The van der Waals surface area contributed by atoms with Crippen molar-refractivity contribution in [3.05, 3.63) is 36.0 Å². The molecule has 0 N–H and O–H groups in total. The predicted octanol–water partition coefficient (Wildman–Crippen LogP) is 0.641. The molecule has 0 saturated heterocycles. The molecule has 0 fully saturated rings. The molecule has 19 heavy (non-hydrogen) atoms. The fourth-order valence-corrected chi connectivity index (χ4v) is 2.69. The lowest BCUT2D eigenvalue weighted by Gasteiger charge is -2.16. The lowest BCUT2D eigenvalue weighted by atomic mass is 10.4. The SMILES string of the molecule is Cc1cc(CS(=O)(=O)N(C)CCn2cccn2)no1. The summed E-state index contributed by atoms with van der Waals surface area (Å²) in [5.41, 5.74) is 0.420. The monoisotopic (exact) mass is 284 g/mol. The molecular formula is C11H16N4O3S. The summed E-state index contributed by atoms with van der Waals surface area (Å²) >= 11 is 0. The zero-order valence-corrected chi connectivity index (χ0v) is 11.7. The smallest absolute Gasteiger partial charge is 0.219 e. The molecule has 0 saturated carbocycles. The van der Waals surface area contributed by atoms with Crippen LogP contribution in [0.4, 0.5) is 0 Å². The van der Waals surface area contributed by atoms with Crippen molar-refractivity contribution >= 4 is 10.0 Å². The number of hydrogen-bond acceptors (Lipinski definition) is 5. The van der Waals surface area contributed by atoms with Gasteiger partial charge in [-0.05, 0) is 13.0 Å². The van der Waals surface area contributed by atoms with Crippen molar-refractivity contribution in [1.29, 1.82) is 0 Å². The molecule has 0 radical (unpaired) electrons. The quantitative estimate of drug-likeness (QED) is 0.777. The standard InChI is InChI=1S/C11H16N4O3S/c1-10-8-11(13-18-10)9-19(16,17)14(2)6-7-15-5-3-4-12-15/h3-5,8H,6-7,9H2,1-2H3. The minimum absolute atomic E-state index is 0.153. The van der Waals surface area contributed by atoms with Gasteiger partial charge in [-0.3, -0.25) is 4.68 Å². The second kappa shape index (κ2) is 5.54. The van der Waals surface area contributed by atoms with E-state index in [4.69, 9.17) is 4.52 Å². The number of nitrogens with zero attached hydrogens (tertiary/aromatic N) is 4. The Morgan fingerprint density at radius 1 is 1.47 bits per heavy atom. The summed E-state index contributed by atoms with van der Waals surface area (Å²) in [6.07, 6.45) is 3.45. The van der Waals surface area contributed by atoms with Crippen molar-refractivity contribution in [2.75, 3.05) is 13.6 Å². The van der Waals surface area contributed by atoms with E-state index in [1.165, 1.54) is 4.31 Å². The van der Waals surface area contributed by atoms with Gasteiger partial charge in [-0.15, -0.1) is 0 Å². The number of sulfonamides is 1. The molecule has 2 aromatic rings. The molecule has 2 heterocycles. The van der Waals surface area contributed by atoms with Gasteiger partial charge in [0, 0.05) is 32.1 Å². The highest BCUT2D eigenvalue weighted by atomic mass is 32.2. The van der Waals surface area contributed by atoms with E-state index >= 15 is 0 Å². The largest absolute Gasteiger partial charge is 0.361 e. The zero-order valence-electron chi connectivity index (χ0n) is 10.9.